The topological polar surface area (TPSA) is 66.5 Å². The molecule has 1 saturated heterocycles. The third-order valence-corrected chi connectivity index (χ3v) is 4.00. The summed E-state index contributed by atoms with van der Waals surface area (Å²) in [6, 6.07) is -0.534. The normalized spacial score (nSPS) is 26.4. The van der Waals surface area contributed by atoms with E-state index in [-0.39, 0.29) is 5.91 Å². The van der Waals surface area contributed by atoms with Gasteiger partial charge in [-0.1, -0.05) is 12.8 Å². The average Bonchev–Trinajstić information content (AvgIpc) is 3.14. The van der Waals surface area contributed by atoms with E-state index in [9.17, 15) is 14.4 Å². The number of urea groups is 1. The fraction of sp³-hybridized carbons (Fsp3) is 0.750. The molecule has 1 heterocycles. The van der Waals surface area contributed by atoms with Crippen molar-refractivity contribution >= 4 is 17.8 Å². The molecule has 92 valence electrons. The molecule has 2 aliphatic carbocycles. The molecule has 3 rings (SSSR count). The molecule has 17 heavy (non-hydrogen) atoms. The van der Waals surface area contributed by atoms with Crippen LogP contribution in [0.5, 0.6) is 0 Å². The van der Waals surface area contributed by atoms with Crippen molar-refractivity contribution in [2.24, 2.45) is 11.3 Å². The Labute approximate surface area is 99.5 Å². The molecule has 0 aromatic rings. The van der Waals surface area contributed by atoms with Crippen LogP contribution < -0.4 is 5.32 Å². The summed E-state index contributed by atoms with van der Waals surface area (Å²) in [7, 11) is 0. The molecule has 1 spiro atoms. The number of hydrogen-bond acceptors (Lipinski definition) is 3. The first kappa shape index (κ1) is 10.7. The lowest BCUT2D eigenvalue weighted by Gasteiger charge is -2.30. The van der Waals surface area contributed by atoms with Crippen molar-refractivity contribution in [3.05, 3.63) is 0 Å². The minimum atomic E-state index is -0.881. The standard InChI is InChI=1S/C12H16N2O3/c15-9-12(5-6-12)10(16)14(11(17)13-9)7-1-2-8-3-4-8/h8H,1-7H2,(H,13,15,17). The number of barbiturate groups is 1. The van der Waals surface area contributed by atoms with Crippen LogP contribution in [0, 0.1) is 11.3 Å². The Balaban J connectivity index is 1.63. The Morgan fingerprint density at radius 1 is 1.24 bits per heavy atom. The molecule has 2 saturated carbocycles. The van der Waals surface area contributed by atoms with E-state index < -0.39 is 17.4 Å². The van der Waals surface area contributed by atoms with Crippen LogP contribution in [0.15, 0.2) is 0 Å². The van der Waals surface area contributed by atoms with Gasteiger partial charge in [-0.05, 0) is 31.6 Å². The Morgan fingerprint density at radius 3 is 2.53 bits per heavy atom. The molecule has 1 aliphatic heterocycles. The summed E-state index contributed by atoms with van der Waals surface area (Å²) in [5, 5.41) is 2.29. The fourth-order valence-corrected chi connectivity index (χ4v) is 2.45. The fourth-order valence-electron chi connectivity index (χ4n) is 2.45. The van der Waals surface area contributed by atoms with Gasteiger partial charge >= 0.3 is 6.03 Å². The van der Waals surface area contributed by atoms with Gasteiger partial charge in [0.2, 0.25) is 11.8 Å². The van der Waals surface area contributed by atoms with Gasteiger partial charge in [0.1, 0.15) is 5.41 Å². The molecule has 3 fully saturated rings. The molecule has 0 radical (unpaired) electrons. The van der Waals surface area contributed by atoms with Crippen LogP contribution in [0.25, 0.3) is 0 Å². The predicted molar refractivity (Wildman–Crippen MR) is 58.9 cm³/mol. The van der Waals surface area contributed by atoms with Gasteiger partial charge in [-0.15, -0.1) is 0 Å². The maximum Gasteiger partial charge on any atom is 0.330 e. The van der Waals surface area contributed by atoms with Crippen molar-refractivity contribution in [1.82, 2.24) is 10.2 Å². The first-order valence-electron chi connectivity index (χ1n) is 6.31. The molecule has 4 amide bonds. The van der Waals surface area contributed by atoms with Gasteiger partial charge in [0, 0.05) is 6.54 Å². The molecule has 0 bridgehead atoms. The zero-order chi connectivity index (χ0) is 12.0. The third-order valence-electron chi connectivity index (χ3n) is 4.00. The predicted octanol–water partition coefficient (Wildman–Crippen LogP) is 1.04. The molecular weight excluding hydrogens is 220 g/mol. The summed E-state index contributed by atoms with van der Waals surface area (Å²) in [5.74, 6) is 0.127. The Morgan fingerprint density at radius 2 is 1.94 bits per heavy atom. The van der Waals surface area contributed by atoms with Crippen LogP contribution in [0.3, 0.4) is 0 Å². The summed E-state index contributed by atoms with van der Waals surface area (Å²) in [4.78, 5) is 36.5. The number of imide groups is 2. The van der Waals surface area contributed by atoms with Gasteiger partial charge in [0.15, 0.2) is 0 Å². The third kappa shape index (κ3) is 1.73. The number of nitrogens with zero attached hydrogens (tertiary/aromatic N) is 1. The zero-order valence-corrected chi connectivity index (χ0v) is 9.70. The first-order chi connectivity index (χ1) is 8.13. The minimum absolute atomic E-state index is 0.276. The number of hydrogen-bond donors (Lipinski definition) is 1. The Kier molecular flexibility index (Phi) is 2.24. The second-order valence-electron chi connectivity index (χ2n) is 5.38. The molecule has 0 aromatic carbocycles. The highest BCUT2D eigenvalue weighted by Gasteiger charge is 2.61. The van der Waals surface area contributed by atoms with Crippen LogP contribution in [0.4, 0.5) is 4.79 Å². The lowest BCUT2D eigenvalue weighted by Crippen LogP contribution is -2.59. The summed E-state index contributed by atoms with van der Waals surface area (Å²) >= 11 is 0. The van der Waals surface area contributed by atoms with E-state index in [1.165, 1.54) is 17.7 Å². The number of amides is 4. The molecule has 0 atom stereocenters. The number of nitrogens with one attached hydrogen (secondary N) is 1. The highest BCUT2D eigenvalue weighted by atomic mass is 16.2. The van der Waals surface area contributed by atoms with Crippen LogP contribution in [-0.4, -0.2) is 29.3 Å². The lowest BCUT2D eigenvalue weighted by atomic mass is 10.0. The second-order valence-corrected chi connectivity index (χ2v) is 5.38. The van der Waals surface area contributed by atoms with Gasteiger partial charge in [-0.2, -0.15) is 0 Å². The van der Waals surface area contributed by atoms with Crippen LogP contribution >= 0.6 is 0 Å². The summed E-state index contributed by atoms with van der Waals surface area (Å²) in [6.07, 6.45) is 5.67. The molecule has 0 aromatic heterocycles. The first-order valence-corrected chi connectivity index (χ1v) is 6.31. The summed E-state index contributed by atoms with van der Waals surface area (Å²) < 4.78 is 0. The van der Waals surface area contributed by atoms with E-state index >= 15 is 0 Å². The molecule has 5 nitrogen and oxygen atoms in total. The van der Waals surface area contributed by atoms with E-state index in [1.807, 2.05) is 0 Å². The smallest absolute Gasteiger partial charge is 0.277 e. The quantitative estimate of drug-likeness (QED) is 0.741. The van der Waals surface area contributed by atoms with E-state index in [0.717, 1.165) is 18.8 Å². The number of rotatable bonds is 4. The van der Waals surface area contributed by atoms with Gasteiger partial charge in [-0.3, -0.25) is 19.8 Å². The maximum atomic E-state index is 12.1. The molecule has 1 N–H and O–H groups in total. The molecule has 0 unspecified atom stereocenters. The van der Waals surface area contributed by atoms with E-state index in [4.69, 9.17) is 0 Å². The van der Waals surface area contributed by atoms with Gasteiger partial charge < -0.3 is 0 Å². The van der Waals surface area contributed by atoms with Crippen molar-refractivity contribution in [3.8, 4) is 0 Å². The SMILES string of the molecule is O=C1NC(=O)C2(CC2)C(=O)N1CCCC1CC1. The van der Waals surface area contributed by atoms with Gasteiger partial charge in [0.05, 0.1) is 0 Å². The second kappa shape index (κ2) is 3.55. The summed E-state index contributed by atoms with van der Waals surface area (Å²) in [5.41, 5.74) is -0.881. The van der Waals surface area contributed by atoms with Crippen molar-refractivity contribution in [2.75, 3.05) is 6.54 Å². The minimum Gasteiger partial charge on any atom is -0.277 e. The average molecular weight is 236 g/mol. The van der Waals surface area contributed by atoms with Crippen LogP contribution in [0.2, 0.25) is 0 Å². The van der Waals surface area contributed by atoms with Crippen molar-refractivity contribution in [2.45, 2.75) is 38.5 Å². The largest absolute Gasteiger partial charge is 0.330 e. The van der Waals surface area contributed by atoms with Gasteiger partial charge in [0.25, 0.3) is 0 Å². The van der Waals surface area contributed by atoms with E-state index in [0.29, 0.717) is 19.4 Å². The Hall–Kier alpha value is -1.39. The van der Waals surface area contributed by atoms with Crippen molar-refractivity contribution in [3.63, 3.8) is 0 Å². The molecular formula is C12H16N2O3. The zero-order valence-electron chi connectivity index (χ0n) is 9.70. The highest BCUT2D eigenvalue weighted by molar-refractivity contribution is 6.20. The van der Waals surface area contributed by atoms with Crippen molar-refractivity contribution < 1.29 is 14.4 Å². The Bertz CT molecular complexity index is 397. The summed E-state index contributed by atoms with van der Waals surface area (Å²) in [6.45, 7) is 0.455. The molecule has 3 aliphatic rings. The lowest BCUT2D eigenvalue weighted by molar-refractivity contribution is -0.144. The monoisotopic (exact) mass is 236 g/mol. The van der Waals surface area contributed by atoms with Crippen LogP contribution in [0.1, 0.15) is 38.5 Å². The number of carbonyl (C=O) groups is 3. The van der Waals surface area contributed by atoms with Crippen LogP contribution in [-0.2, 0) is 9.59 Å². The van der Waals surface area contributed by atoms with Gasteiger partial charge in [-0.25, -0.2) is 4.79 Å². The highest BCUT2D eigenvalue weighted by Crippen LogP contribution is 2.49. The molecule has 5 heteroatoms. The van der Waals surface area contributed by atoms with E-state index in [2.05, 4.69) is 5.32 Å². The van der Waals surface area contributed by atoms with Crippen molar-refractivity contribution in [1.29, 1.82) is 0 Å². The number of carbonyl (C=O) groups excluding carboxylic acids is 3. The van der Waals surface area contributed by atoms with E-state index in [1.54, 1.807) is 0 Å². The maximum absolute atomic E-state index is 12.1.